The molecule has 7 heteroatoms. The maximum absolute atomic E-state index is 12.9. The molecule has 2 unspecified atom stereocenters. The molecule has 0 spiro atoms. The number of carbonyl (C=O) groups is 1. The molecule has 0 N–H and O–H groups in total. The van der Waals surface area contributed by atoms with Crippen molar-refractivity contribution in [3.05, 3.63) is 54.1 Å². The van der Waals surface area contributed by atoms with Gasteiger partial charge in [0.15, 0.2) is 0 Å². The number of carbonyl (C=O) groups excluding carboxylic acids is 1. The van der Waals surface area contributed by atoms with E-state index in [1.165, 1.54) is 5.69 Å². The van der Waals surface area contributed by atoms with E-state index in [1.807, 2.05) is 50.1 Å². The first kappa shape index (κ1) is 22.8. The molecule has 2 aliphatic rings. The van der Waals surface area contributed by atoms with E-state index >= 15 is 0 Å². The van der Waals surface area contributed by atoms with Gasteiger partial charge in [-0.2, -0.15) is 0 Å². The maximum atomic E-state index is 12.9. The molecule has 34 heavy (non-hydrogen) atoms. The Bertz CT molecular complexity index is 1160. The summed E-state index contributed by atoms with van der Waals surface area (Å²) < 4.78 is 7.90. The fourth-order valence-corrected chi connectivity index (χ4v) is 5.26. The van der Waals surface area contributed by atoms with E-state index < -0.39 is 5.60 Å². The van der Waals surface area contributed by atoms with Gasteiger partial charge in [-0.25, -0.2) is 9.78 Å². The van der Waals surface area contributed by atoms with Crippen LogP contribution in [-0.4, -0.2) is 61.0 Å². The molecule has 3 aromatic heterocycles. The number of hydrogen-bond donors (Lipinski definition) is 0. The summed E-state index contributed by atoms with van der Waals surface area (Å²) >= 11 is 0. The van der Waals surface area contributed by atoms with Crippen LogP contribution in [0.2, 0.25) is 0 Å². The summed E-state index contributed by atoms with van der Waals surface area (Å²) in [6.07, 6.45) is 5.92. The van der Waals surface area contributed by atoms with Gasteiger partial charge in [-0.1, -0.05) is 19.9 Å². The van der Waals surface area contributed by atoms with E-state index in [-0.39, 0.29) is 18.2 Å². The Hall–Kier alpha value is -2.93. The number of likely N-dealkylation sites (tertiary alicyclic amines) is 1. The third-order valence-electron chi connectivity index (χ3n) is 6.82. The predicted octanol–water partition coefficient (Wildman–Crippen LogP) is 5.10. The zero-order valence-corrected chi connectivity index (χ0v) is 20.9. The second-order valence-electron chi connectivity index (χ2n) is 10.9. The van der Waals surface area contributed by atoms with Crippen molar-refractivity contribution in [2.75, 3.05) is 13.1 Å². The lowest BCUT2D eigenvalue weighted by Gasteiger charge is -2.41. The number of nitrogens with zero attached hydrogens (tertiary/aromatic N) is 5. The van der Waals surface area contributed by atoms with Gasteiger partial charge < -0.3 is 9.14 Å². The minimum Gasteiger partial charge on any atom is -0.444 e. The second kappa shape index (κ2) is 8.69. The van der Waals surface area contributed by atoms with Crippen molar-refractivity contribution in [1.82, 2.24) is 24.2 Å². The molecule has 5 rings (SSSR count). The Labute approximate surface area is 201 Å². The molecule has 0 saturated carbocycles. The highest BCUT2D eigenvalue weighted by Gasteiger charge is 2.44. The third kappa shape index (κ3) is 4.41. The zero-order chi connectivity index (χ0) is 24.0. The fraction of sp³-hybridized carbons (Fsp3) is 0.519. The molecule has 2 atom stereocenters. The summed E-state index contributed by atoms with van der Waals surface area (Å²) in [6, 6.07) is 10.8. The van der Waals surface area contributed by atoms with Crippen molar-refractivity contribution < 1.29 is 9.53 Å². The van der Waals surface area contributed by atoms with Crippen LogP contribution in [0.25, 0.3) is 16.9 Å². The number of aromatic nitrogens is 3. The number of pyridine rings is 2. The van der Waals surface area contributed by atoms with Crippen LogP contribution in [0.15, 0.2) is 42.7 Å². The smallest absolute Gasteiger partial charge is 0.410 e. The third-order valence-corrected chi connectivity index (χ3v) is 6.82. The van der Waals surface area contributed by atoms with Gasteiger partial charge in [-0.15, -0.1) is 0 Å². The minimum atomic E-state index is -0.474. The number of imidazole rings is 1. The predicted molar refractivity (Wildman–Crippen MR) is 133 cm³/mol. The van der Waals surface area contributed by atoms with Crippen molar-refractivity contribution >= 4 is 11.7 Å². The number of rotatable bonds is 4. The van der Waals surface area contributed by atoms with Crippen molar-refractivity contribution in [2.45, 2.75) is 77.6 Å². The van der Waals surface area contributed by atoms with E-state index in [1.54, 1.807) is 0 Å². The Morgan fingerprint density at radius 3 is 2.47 bits per heavy atom. The normalized spacial score (nSPS) is 20.9. The molecular weight excluding hydrogens is 426 g/mol. The average molecular weight is 462 g/mol. The van der Waals surface area contributed by atoms with Crippen LogP contribution in [0, 0.1) is 0 Å². The van der Waals surface area contributed by atoms with Crippen molar-refractivity contribution in [3.8, 4) is 11.3 Å². The molecule has 2 saturated heterocycles. The Balaban J connectivity index is 1.41. The summed E-state index contributed by atoms with van der Waals surface area (Å²) in [5.41, 5.74) is 4.74. The monoisotopic (exact) mass is 461 g/mol. The molecule has 5 heterocycles. The van der Waals surface area contributed by atoms with Crippen LogP contribution in [0.1, 0.15) is 64.8 Å². The molecule has 2 bridgehead atoms. The molecule has 1 amide bonds. The molecule has 0 aromatic carbocycles. The Kier molecular flexibility index (Phi) is 5.84. The summed E-state index contributed by atoms with van der Waals surface area (Å²) in [5.74, 6) is 0.395. The minimum absolute atomic E-state index is 0.175. The topological polar surface area (TPSA) is 63.0 Å². The number of amides is 1. The van der Waals surface area contributed by atoms with Crippen molar-refractivity contribution in [2.24, 2.45) is 0 Å². The number of fused-ring (bicyclic) bond motifs is 3. The van der Waals surface area contributed by atoms with Gasteiger partial charge in [0, 0.05) is 55.4 Å². The molecule has 2 fully saturated rings. The highest BCUT2D eigenvalue weighted by molar-refractivity contribution is 5.70. The molecule has 2 aliphatic heterocycles. The zero-order valence-electron chi connectivity index (χ0n) is 20.9. The molecule has 0 radical (unpaired) electrons. The molecule has 180 valence electrons. The van der Waals surface area contributed by atoms with Gasteiger partial charge in [-0.3, -0.25) is 14.8 Å². The first-order valence-electron chi connectivity index (χ1n) is 12.4. The highest BCUT2D eigenvalue weighted by Crippen LogP contribution is 2.34. The van der Waals surface area contributed by atoms with Crippen LogP contribution in [0.5, 0.6) is 0 Å². The number of hydrogen-bond acceptors (Lipinski definition) is 5. The van der Waals surface area contributed by atoms with E-state index in [0.29, 0.717) is 5.92 Å². The SMILES string of the molecule is CC(C)c1ccc(-c2nc3ccccn3c2CN2CC3CCC(C2)N3C(=O)OC(C)(C)C)cn1. The van der Waals surface area contributed by atoms with E-state index in [9.17, 15) is 4.79 Å². The molecule has 3 aromatic rings. The average Bonchev–Trinajstić information content (AvgIpc) is 3.27. The van der Waals surface area contributed by atoms with Crippen molar-refractivity contribution in [3.63, 3.8) is 0 Å². The quantitative estimate of drug-likeness (QED) is 0.541. The maximum Gasteiger partial charge on any atom is 0.410 e. The van der Waals surface area contributed by atoms with E-state index in [4.69, 9.17) is 9.72 Å². The molecule has 0 aliphatic carbocycles. The lowest BCUT2D eigenvalue weighted by Crippen LogP contribution is -2.56. The van der Waals surface area contributed by atoms with E-state index in [2.05, 4.69) is 46.5 Å². The summed E-state index contributed by atoms with van der Waals surface area (Å²) in [5, 5.41) is 0. The largest absolute Gasteiger partial charge is 0.444 e. The van der Waals surface area contributed by atoms with Gasteiger partial charge in [0.1, 0.15) is 11.2 Å². The van der Waals surface area contributed by atoms with E-state index in [0.717, 1.165) is 55.1 Å². The number of ether oxygens (including phenoxy) is 1. The van der Waals surface area contributed by atoms with Crippen LogP contribution in [0.4, 0.5) is 4.79 Å². The Morgan fingerprint density at radius 1 is 1.12 bits per heavy atom. The van der Waals surface area contributed by atoms with Gasteiger partial charge in [0.2, 0.25) is 0 Å². The number of piperazine rings is 1. The lowest BCUT2D eigenvalue weighted by molar-refractivity contribution is -0.00557. The summed E-state index contributed by atoms with van der Waals surface area (Å²) in [6.45, 7) is 12.6. The fourth-order valence-electron chi connectivity index (χ4n) is 5.26. The standard InChI is InChI=1S/C27H35N5O2/c1-18(2)22-12-9-19(14-28-22)25-23(31-13-7-6-8-24(31)29-25)17-30-15-20-10-11-21(16-30)32(20)26(33)34-27(3,4)5/h6-9,12-14,18,20-21H,10-11,15-17H2,1-5H3. The van der Waals surface area contributed by atoms with Crippen molar-refractivity contribution in [1.29, 1.82) is 0 Å². The van der Waals surface area contributed by atoms with Crippen LogP contribution >= 0.6 is 0 Å². The van der Waals surface area contributed by atoms with Gasteiger partial charge in [0.05, 0.1) is 11.4 Å². The van der Waals surface area contributed by atoms with Crippen LogP contribution in [-0.2, 0) is 11.3 Å². The molecule has 7 nitrogen and oxygen atoms in total. The lowest BCUT2D eigenvalue weighted by atomic mass is 10.1. The highest BCUT2D eigenvalue weighted by atomic mass is 16.6. The first-order chi connectivity index (χ1) is 16.2. The second-order valence-corrected chi connectivity index (χ2v) is 10.9. The Morgan fingerprint density at radius 2 is 1.85 bits per heavy atom. The van der Waals surface area contributed by atoms with Crippen LogP contribution in [0.3, 0.4) is 0 Å². The summed E-state index contributed by atoms with van der Waals surface area (Å²) in [4.78, 5) is 27.0. The molecular formula is C27H35N5O2. The summed E-state index contributed by atoms with van der Waals surface area (Å²) in [7, 11) is 0. The van der Waals surface area contributed by atoms with Gasteiger partial charge >= 0.3 is 6.09 Å². The van der Waals surface area contributed by atoms with Gasteiger partial charge in [0.25, 0.3) is 0 Å². The van der Waals surface area contributed by atoms with Gasteiger partial charge in [-0.05, 0) is 63.8 Å². The van der Waals surface area contributed by atoms with Crippen LogP contribution < -0.4 is 0 Å². The first-order valence-corrected chi connectivity index (χ1v) is 12.4.